The predicted molar refractivity (Wildman–Crippen MR) is 63.4 cm³/mol. The molecular weight excluding hydrogens is 202 g/mol. The average molecular weight is 225 g/mol. The zero-order valence-corrected chi connectivity index (χ0v) is 9.94. The first-order valence-electron chi connectivity index (χ1n) is 6.71. The first-order valence-corrected chi connectivity index (χ1v) is 6.71. The summed E-state index contributed by atoms with van der Waals surface area (Å²) < 4.78 is 0. The Balaban J connectivity index is 1.49. The molecule has 0 spiro atoms. The molecule has 0 amide bonds. The van der Waals surface area contributed by atoms with Crippen molar-refractivity contribution >= 4 is 0 Å². The number of β-amino-alcohol motifs (C(OH)–C–C–N with tert-alkyl or cyclic N) is 1. The van der Waals surface area contributed by atoms with Gasteiger partial charge < -0.3 is 10.4 Å². The second-order valence-electron chi connectivity index (χ2n) is 5.45. The van der Waals surface area contributed by atoms with Gasteiger partial charge in [0.15, 0.2) is 0 Å². The third kappa shape index (κ3) is 1.99. The summed E-state index contributed by atoms with van der Waals surface area (Å²) >= 11 is 0. The van der Waals surface area contributed by atoms with E-state index in [9.17, 15) is 5.11 Å². The monoisotopic (exact) mass is 225 g/mol. The average Bonchev–Trinajstić information content (AvgIpc) is 2.63. The van der Waals surface area contributed by atoms with Crippen LogP contribution in [0.15, 0.2) is 0 Å². The maximum atomic E-state index is 9.86. The Morgan fingerprint density at radius 1 is 0.938 bits per heavy atom. The van der Waals surface area contributed by atoms with E-state index in [4.69, 9.17) is 0 Å². The molecule has 3 aliphatic rings. The molecule has 3 fully saturated rings. The molecule has 2 atom stereocenters. The molecule has 4 heteroatoms. The molecule has 0 aromatic carbocycles. The van der Waals surface area contributed by atoms with E-state index in [1.807, 2.05) is 0 Å². The van der Waals surface area contributed by atoms with E-state index in [1.54, 1.807) is 0 Å². The number of piperazine rings is 1. The van der Waals surface area contributed by atoms with E-state index in [1.165, 1.54) is 32.4 Å². The largest absolute Gasteiger partial charge is 0.390 e. The van der Waals surface area contributed by atoms with E-state index < -0.39 is 0 Å². The van der Waals surface area contributed by atoms with Gasteiger partial charge in [-0.3, -0.25) is 9.80 Å². The van der Waals surface area contributed by atoms with Gasteiger partial charge in [-0.2, -0.15) is 0 Å². The number of hydrogen-bond donors (Lipinski definition) is 2. The molecule has 2 N–H and O–H groups in total. The van der Waals surface area contributed by atoms with Gasteiger partial charge in [-0.05, 0) is 12.8 Å². The van der Waals surface area contributed by atoms with Gasteiger partial charge in [0.1, 0.15) is 0 Å². The van der Waals surface area contributed by atoms with E-state index in [-0.39, 0.29) is 6.10 Å². The highest BCUT2D eigenvalue weighted by Crippen LogP contribution is 2.26. The molecule has 2 saturated heterocycles. The van der Waals surface area contributed by atoms with Crippen LogP contribution < -0.4 is 5.32 Å². The quantitative estimate of drug-likeness (QED) is 0.664. The minimum atomic E-state index is -0.157. The topological polar surface area (TPSA) is 38.7 Å². The Morgan fingerprint density at radius 3 is 2.12 bits per heavy atom. The Kier molecular flexibility index (Phi) is 3.16. The molecule has 0 aromatic heterocycles. The first kappa shape index (κ1) is 11.0. The highest BCUT2D eigenvalue weighted by atomic mass is 16.3. The molecule has 0 bridgehead atoms. The van der Waals surface area contributed by atoms with Gasteiger partial charge >= 0.3 is 0 Å². The van der Waals surface area contributed by atoms with Crippen molar-refractivity contribution in [1.29, 1.82) is 0 Å². The van der Waals surface area contributed by atoms with Gasteiger partial charge in [-0.1, -0.05) is 6.42 Å². The van der Waals surface area contributed by atoms with Crippen LogP contribution in [0.2, 0.25) is 0 Å². The summed E-state index contributed by atoms with van der Waals surface area (Å²) in [6.07, 6.45) is 4.09. The second-order valence-corrected chi connectivity index (χ2v) is 5.45. The maximum Gasteiger partial charge on any atom is 0.0831 e. The molecule has 3 rings (SSSR count). The molecule has 4 nitrogen and oxygen atoms in total. The van der Waals surface area contributed by atoms with Crippen LogP contribution >= 0.6 is 0 Å². The zero-order valence-electron chi connectivity index (χ0n) is 9.94. The second kappa shape index (κ2) is 4.61. The lowest BCUT2D eigenvalue weighted by atomic mass is 9.91. The lowest BCUT2D eigenvalue weighted by molar-refractivity contribution is 0.0167. The molecular formula is C12H23N3O. The maximum absolute atomic E-state index is 9.86. The standard InChI is InChI=1S/C12H23N3O/c16-12-9-13-8-11(12)15-6-4-14(5-7-15)10-2-1-3-10/h10-13,16H,1-9H2/t11-,12-/m1/s1. The third-order valence-corrected chi connectivity index (χ3v) is 4.56. The molecule has 16 heavy (non-hydrogen) atoms. The van der Waals surface area contributed by atoms with Gasteiger partial charge in [0, 0.05) is 51.4 Å². The minimum Gasteiger partial charge on any atom is -0.390 e. The van der Waals surface area contributed by atoms with Crippen molar-refractivity contribution in [2.45, 2.75) is 37.5 Å². The highest BCUT2D eigenvalue weighted by molar-refractivity contribution is 4.92. The summed E-state index contributed by atoms with van der Waals surface area (Å²) in [4.78, 5) is 5.12. The Hall–Kier alpha value is -0.160. The van der Waals surface area contributed by atoms with Gasteiger partial charge in [0.25, 0.3) is 0 Å². The highest BCUT2D eigenvalue weighted by Gasteiger charge is 2.34. The Morgan fingerprint density at radius 2 is 1.62 bits per heavy atom. The van der Waals surface area contributed by atoms with Crippen molar-refractivity contribution in [2.24, 2.45) is 0 Å². The predicted octanol–water partition coefficient (Wildman–Crippen LogP) is -0.511. The van der Waals surface area contributed by atoms with Crippen LogP contribution in [0.3, 0.4) is 0 Å². The summed E-state index contributed by atoms with van der Waals surface area (Å²) in [5.41, 5.74) is 0. The van der Waals surface area contributed by atoms with Crippen molar-refractivity contribution in [3.63, 3.8) is 0 Å². The van der Waals surface area contributed by atoms with E-state index >= 15 is 0 Å². The fraction of sp³-hybridized carbons (Fsp3) is 1.00. The van der Waals surface area contributed by atoms with Crippen molar-refractivity contribution in [3.05, 3.63) is 0 Å². The number of nitrogens with one attached hydrogen (secondary N) is 1. The smallest absolute Gasteiger partial charge is 0.0831 e. The Labute approximate surface area is 97.6 Å². The molecule has 2 heterocycles. The van der Waals surface area contributed by atoms with E-state index in [0.717, 1.165) is 32.2 Å². The molecule has 0 aromatic rings. The van der Waals surface area contributed by atoms with Crippen LogP contribution in [-0.2, 0) is 0 Å². The van der Waals surface area contributed by atoms with Crippen molar-refractivity contribution in [2.75, 3.05) is 39.3 Å². The lowest BCUT2D eigenvalue weighted by Gasteiger charge is -2.44. The molecule has 1 aliphatic carbocycles. The fourth-order valence-electron chi connectivity index (χ4n) is 3.21. The van der Waals surface area contributed by atoms with Crippen molar-refractivity contribution in [1.82, 2.24) is 15.1 Å². The molecule has 92 valence electrons. The summed E-state index contributed by atoms with van der Waals surface area (Å²) in [5, 5.41) is 13.1. The number of hydrogen-bond acceptors (Lipinski definition) is 4. The van der Waals surface area contributed by atoms with Gasteiger partial charge in [0.2, 0.25) is 0 Å². The van der Waals surface area contributed by atoms with Gasteiger partial charge in [-0.25, -0.2) is 0 Å². The lowest BCUT2D eigenvalue weighted by Crippen LogP contribution is -2.56. The van der Waals surface area contributed by atoms with Crippen LogP contribution in [0.5, 0.6) is 0 Å². The fourth-order valence-corrected chi connectivity index (χ4v) is 3.21. The minimum absolute atomic E-state index is 0.157. The van der Waals surface area contributed by atoms with Crippen LogP contribution in [0.1, 0.15) is 19.3 Å². The van der Waals surface area contributed by atoms with Crippen LogP contribution in [0, 0.1) is 0 Å². The number of aliphatic hydroxyl groups is 1. The number of rotatable bonds is 2. The zero-order chi connectivity index (χ0) is 11.0. The summed E-state index contributed by atoms with van der Waals surface area (Å²) in [7, 11) is 0. The Bertz CT molecular complexity index is 236. The molecule has 2 aliphatic heterocycles. The van der Waals surface area contributed by atoms with E-state index in [0.29, 0.717) is 6.04 Å². The van der Waals surface area contributed by atoms with Gasteiger partial charge in [0.05, 0.1) is 6.10 Å². The normalized spacial score (nSPS) is 38.8. The summed E-state index contributed by atoms with van der Waals surface area (Å²) in [6, 6.07) is 1.25. The van der Waals surface area contributed by atoms with Crippen molar-refractivity contribution in [3.8, 4) is 0 Å². The molecule has 0 radical (unpaired) electrons. The molecule has 0 unspecified atom stereocenters. The molecule has 1 saturated carbocycles. The third-order valence-electron chi connectivity index (χ3n) is 4.56. The summed E-state index contributed by atoms with van der Waals surface area (Å²) in [6.45, 7) is 6.42. The van der Waals surface area contributed by atoms with E-state index in [2.05, 4.69) is 15.1 Å². The number of nitrogens with zero attached hydrogens (tertiary/aromatic N) is 2. The van der Waals surface area contributed by atoms with Gasteiger partial charge in [-0.15, -0.1) is 0 Å². The van der Waals surface area contributed by atoms with Crippen LogP contribution in [0.4, 0.5) is 0 Å². The summed E-state index contributed by atoms with van der Waals surface area (Å²) in [5.74, 6) is 0. The van der Waals surface area contributed by atoms with Crippen LogP contribution in [0.25, 0.3) is 0 Å². The van der Waals surface area contributed by atoms with Crippen molar-refractivity contribution < 1.29 is 5.11 Å². The van der Waals surface area contributed by atoms with Crippen LogP contribution in [-0.4, -0.2) is 72.4 Å². The SMILES string of the molecule is O[C@@H]1CNC[C@H]1N1CCN(C2CCC2)CC1. The first-order chi connectivity index (χ1) is 7.84. The number of aliphatic hydroxyl groups excluding tert-OH is 1.